The van der Waals surface area contributed by atoms with Crippen LogP contribution in [0.1, 0.15) is 10.6 Å². The van der Waals surface area contributed by atoms with Gasteiger partial charge in [0.25, 0.3) is 0 Å². The van der Waals surface area contributed by atoms with Gasteiger partial charge in [0.15, 0.2) is 5.13 Å². The SMILES string of the molecule is Nc1nc2c(s1)CN(CC(=O)O)CC2. The van der Waals surface area contributed by atoms with Gasteiger partial charge >= 0.3 is 5.97 Å². The van der Waals surface area contributed by atoms with Gasteiger partial charge in [0.1, 0.15) is 0 Å². The van der Waals surface area contributed by atoms with E-state index in [9.17, 15) is 4.79 Å². The number of carbonyl (C=O) groups is 1. The minimum atomic E-state index is -0.786. The van der Waals surface area contributed by atoms with Gasteiger partial charge in [0.05, 0.1) is 12.2 Å². The van der Waals surface area contributed by atoms with Crippen LogP contribution < -0.4 is 5.73 Å². The number of nitrogens with zero attached hydrogens (tertiary/aromatic N) is 2. The van der Waals surface area contributed by atoms with Gasteiger partial charge in [-0.05, 0) is 0 Å². The summed E-state index contributed by atoms with van der Waals surface area (Å²) in [6.07, 6.45) is 0.802. The summed E-state index contributed by atoms with van der Waals surface area (Å²) in [4.78, 5) is 17.7. The van der Waals surface area contributed by atoms with Crippen LogP contribution >= 0.6 is 11.3 Å². The Labute approximate surface area is 85.2 Å². The smallest absolute Gasteiger partial charge is 0.317 e. The van der Waals surface area contributed by atoms with Crippen LogP contribution in [0.3, 0.4) is 0 Å². The minimum absolute atomic E-state index is 0.0945. The normalized spacial score (nSPS) is 16.6. The van der Waals surface area contributed by atoms with Crippen molar-refractivity contribution in [3.63, 3.8) is 0 Å². The summed E-state index contributed by atoms with van der Waals surface area (Å²) in [5.41, 5.74) is 6.61. The molecule has 0 amide bonds. The molecule has 0 spiro atoms. The molecular weight excluding hydrogens is 202 g/mol. The van der Waals surface area contributed by atoms with Gasteiger partial charge in [-0.3, -0.25) is 9.69 Å². The van der Waals surface area contributed by atoms with Gasteiger partial charge < -0.3 is 10.8 Å². The Morgan fingerprint density at radius 1 is 1.71 bits per heavy atom. The molecule has 0 bridgehead atoms. The molecule has 0 saturated heterocycles. The predicted molar refractivity (Wildman–Crippen MR) is 53.1 cm³/mol. The molecule has 0 unspecified atom stereocenters. The van der Waals surface area contributed by atoms with E-state index in [-0.39, 0.29) is 6.54 Å². The number of aliphatic carboxylic acids is 1. The van der Waals surface area contributed by atoms with Crippen LogP contribution in [0.5, 0.6) is 0 Å². The van der Waals surface area contributed by atoms with E-state index in [0.717, 1.165) is 23.5 Å². The lowest BCUT2D eigenvalue weighted by Gasteiger charge is -2.23. The molecule has 1 aliphatic heterocycles. The Bertz CT molecular complexity index is 363. The second-order valence-corrected chi connectivity index (χ2v) is 4.39. The monoisotopic (exact) mass is 213 g/mol. The van der Waals surface area contributed by atoms with Crippen LogP contribution in [0.2, 0.25) is 0 Å². The number of fused-ring (bicyclic) bond motifs is 1. The predicted octanol–water partition coefficient (Wildman–Crippen LogP) is 0.168. The topological polar surface area (TPSA) is 79.5 Å². The zero-order chi connectivity index (χ0) is 10.1. The molecule has 0 radical (unpaired) electrons. The number of nitrogen functional groups attached to an aromatic ring is 1. The van der Waals surface area contributed by atoms with Gasteiger partial charge in [0, 0.05) is 24.4 Å². The highest BCUT2D eigenvalue weighted by Gasteiger charge is 2.21. The van der Waals surface area contributed by atoms with Gasteiger partial charge in [-0.15, -0.1) is 11.3 Å². The summed E-state index contributed by atoms with van der Waals surface area (Å²) in [5, 5.41) is 9.22. The van der Waals surface area contributed by atoms with E-state index in [0.29, 0.717) is 11.7 Å². The minimum Gasteiger partial charge on any atom is -0.480 e. The first-order valence-electron chi connectivity index (χ1n) is 4.33. The van der Waals surface area contributed by atoms with Crippen LogP contribution in [0, 0.1) is 0 Å². The van der Waals surface area contributed by atoms with Crippen molar-refractivity contribution in [2.24, 2.45) is 0 Å². The Balaban J connectivity index is 2.09. The van der Waals surface area contributed by atoms with Gasteiger partial charge in [0.2, 0.25) is 0 Å². The van der Waals surface area contributed by atoms with Crippen molar-refractivity contribution in [3.05, 3.63) is 10.6 Å². The summed E-state index contributed by atoms with van der Waals surface area (Å²) < 4.78 is 0. The molecule has 2 rings (SSSR count). The summed E-state index contributed by atoms with van der Waals surface area (Å²) in [6.45, 7) is 1.51. The molecule has 3 N–H and O–H groups in total. The number of carboxylic acid groups (broad SMARTS) is 1. The molecule has 1 aliphatic rings. The molecule has 0 aliphatic carbocycles. The molecule has 1 aromatic heterocycles. The van der Waals surface area contributed by atoms with Crippen LogP contribution in [-0.2, 0) is 17.8 Å². The number of hydrogen-bond acceptors (Lipinski definition) is 5. The molecule has 76 valence electrons. The van der Waals surface area contributed by atoms with Crippen LogP contribution in [-0.4, -0.2) is 34.0 Å². The Morgan fingerprint density at radius 3 is 3.21 bits per heavy atom. The Hall–Kier alpha value is -1.14. The van der Waals surface area contributed by atoms with E-state index in [1.165, 1.54) is 11.3 Å². The lowest BCUT2D eigenvalue weighted by molar-refractivity contribution is -0.138. The van der Waals surface area contributed by atoms with Crippen molar-refractivity contribution in [3.8, 4) is 0 Å². The maximum Gasteiger partial charge on any atom is 0.317 e. The first kappa shape index (κ1) is 9.42. The molecule has 0 saturated carbocycles. The Kier molecular flexibility index (Phi) is 2.39. The van der Waals surface area contributed by atoms with E-state index in [2.05, 4.69) is 4.98 Å². The first-order chi connectivity index (χ1) is 6.65. The second kappa shape index (κ2) is 3.55. The maximum atomic E-state index is 10.5. The van der Waals surface area contributed by atoms with E-state index in [1.54, 1.807) is 0 Å². The number of hydrogen-bond donors (Lipinski definition) is 2. The highest BCUT2D eigenvalue weighted by atomic mass is 32.1. The lowest BCUT2D eigenvalue weighted by Crippen LogP contribution is -2.34. The molecule has 0 fully saturated rings. The van der Waals surface area contributed by atoms with Crippen molar-refractivity contribution in [2.45, 2.75) is 13.0 Å². The fourth-order valence-electron chi connectivity index (χ4n) is 1.59. The van der Waals surface area contributed by atoms with Gasteiger partial charge in [-0.1, -0.05) is 0 Å². The highest BCUT2D eigenvalue weighted by molar-refractivity contribution is 7.15. The van der Waals surface area contributed by atoms with E-state index in [4.69, 9.17) is 10.8 Å². The third-order valence-electron chi connectivity index (χ3n) is 2.19. The van der Waals surface area contributed by atoms with Crippen LogP contribution in [0.4, 0.5) is 5.13 Å². The largest absolute Gasteiger partial charge is 0.480 e. The number of carboxylic acids is 1. The van der Waals surface area contributed by atoms with Crippen molar-refractivity contribution < 1.29 is 9.90 Å². The van der Waals surface area contributed by atoms with Crippen molar-refractivity contribution in [2.75, 3.05) is 18.8 Å². The van der Waals surface area contributed by atoms with E-state index in [1.807, 2.05) is 4.90 Å². The third kappa shape index (κ3) is 1.85. The first-order valence-corrected chi connectivity index (χ1v) is 5.15. The van der Waals surface area contributed by atoms with Crippen molar-refractivity contribution in [1.82, 2.24) is 9.88 Å². The maximum absolute atomic E-state index is 10.5. The average molecular weight is 213 g/mol. The molecule has 2 heterocycles. The molecule has 14 heavy (non-hydrogen) atoms. The third-order valence-corrected chi connectivity index (χ3v) is 3.10. The molecular formula is C8H11N3O2S. The number of rotatable bonds is 2. The van der Waals surface area contributed by atoms with E-state index >= 15 is 0 Å². The second-order valence-electron chi connectivity index (χ2n) is 3.28. The quantitative estimate of drug-likeness (QED) is 0.732. The summed E-state index contributed by atoms with van der Waals surface area (Å²) in [5.74, 6) is -0.786. The van der Waals surface area contributed by atoms with Gasteiger partial charge in [-0.25, -0.2) is 4.98 Å². The average Bonchev–Trinajstić information content (AvgIpc) is 2.42. The number of aromatic nitrogens is 1. The fourth-order valence-corrected chi connectivity index (χ4v) is 2.52. The van der Waals surface area contributed by atoms with Crippen LogP contribution in [0.25, 0.3) is 0 Å². The van der Waals surface area contributed by atoms with E-state index < -0.39 is 5.97 Å². The Morgan fingerprint density at radius 2 is 2.50 bits per heavy atom. The van der Waals surface area contributed by atoms with Crippen LogP contribution in [0.15, 0.2) is 0 Å². The standard InChI is InChI=1S/C8H11N3O2S/c9-8-10-5-1-2-11(4-7(12)13)3-6(5)14-8/h1-4H2,(H2,9,10)(H,12,13). The summed E-state index contributed by atoms with van der Waals surface area (Å²) >= 11 is 1.45. The molecule has 6 heteroatoms. The highest BCUT2D eigenvalue weighted by Crippen LogP contribution is 2.25. The number of anilines is 1. The zero-order valence-electron chi connectivity index (χ0n) is 7.56. The molecule has 0 aromatic carbocycles. The molecule has 5 nitrogen and oxygen atoms in total. The van der Waals surface area contributed by atoms with Crippen molar-refractivity contribution >= 4 is 22.4 Å². The summed E-state index contributed by atoms with van der Waals surface area (Å²) in [7, 11) is 0. The zero-order valence-corrected chi connectivity index (χ0v) is 8.38. The molecule has 0 atom stereocenters. The molecule has 1 aromatic rings. The number of nitrogens with two attached hydrogens (primary N) is 1. The van der Waals surface area contributed by atoms with Gasteiger partial charge in [-0.2, -0.15) is 0 Å². The lowest BCUT2D eigenvalue weighted by atomic mass is 10.2. The van der Waals surface area contributed by atoms with Crippen molar-refractivity contribution in [1.29, 1.82) is 0 Å². The number of thiazole rings is 1. The summed E-state index contributed by atoms with van der Waals surface area (Å²) in [6, 6.07) is 0. The fraction of sp³-hybridized carbons (Fsp3) is 0.500.